The Balaban J connectivity index is 1.80. The van der Waals surface area contributed by atoms with E-state index in [9.17, 15) is 0 Å². The molecule has 4 nitrogen and oxygen atoms in total. The van der Waals surface area contributed by atoms with Crippen LogP contribution < -0.4 is 10.2 Å². The average Bonchev–Trinajstić information content (AvgIpc) is 2.73. The predicted molar refractivity (Wildman–Crippen MR) is 61.6 cm³/mol. The van der Waals surface area contributed by atoms with Gasteiger partial charge in [-0.3, -0.25) is 4.98 Å². The monoisotopic (exact) mass is 218 g/mol. The molecule has 0 aromatic carbocycles. The number of hydrogen-bond donors (Lipinski definition) is 1. The third-order valence-electron chi connectivity index (χ3n) is 3.37. The maximum absolute atomic E-state index is 5.76. The summed E-state index contributed by atoms with van der Waals surface area (Å²) in [5, 5.41) is 3.50. The predicted octanol–water partition coefficient (Wildman–Crippen LogP) is 0.367. The van der Waals surface area contributed by atoms with Gasteiger partial charge >= 0.3 is 0 Å². The molecule has 1 aromatic rings. The van der Waals surface area contributed by atoms with Crippen molar-refractivity contribution in [3.8, 4) is 0 Å². The quantitative estimate of drug-likeness (QED) is 0.739. The van der Waals surface area contributed by atoms with E-state index in [4.69, 9.17) is 4.74 Å². The number of nitrogens with zero attached hydrogens (tertiary/aromatic N) is 2. The Kier molecular flexibility index (Phi) is 2.53. The summed E-state index contributed by atoms with van der Waals surface area (Å²) in [6.45, 7) is 5.83. The normalized spacial score (nSPS) is 29.2. The van der Waals surface area contributed by atoms with Gasteiger partial charge in [-0.15, -0.1) is 0 Å². The minimum Gasteiger partial charge on any atom is -0.373 e. The lowest BCUT2D eigenvalue weighted by Gasteiger charge is -2.25. The number of pyridine rings is 1. The largest absolute Gasteiger partial charge is 0.373 e. The molecule has 0 amide bonds. The molecule has 3 rings (SSSR count). The van der Waals surface area contributed by atoms with Crippen LogP contribution in [-0.2, 0) is 4.74 Å². The van der Waals surface area contributed by atoms with Crippen LogP contribution in [0.2, 0.25) is 0 Å². The van der Waals surface area contributed by atoms with E-state index in [0.717, 1.165) is 31.9 Å². The van der Waals surface area contributed by atoms with E-state index in [2.05, 4.69) is 28.3 Å². The Morgan fingerprint density at radius 3 is 3.31 bits per heavy atom. The number of ether oxygens (including phenoxy) is 1. The number of aryl methyl sites for hydroxylation is 1. The minimum absolute atomic E-state index is 0.321. The topological polar surface area (TPSA) is 37.4 Å². The molecule has 1 aromatic heterocycles. The summed E-state index contributed by atoms with van der Waals surface area (Å²) in [4.78, 5) is 6.40. The van der Waals surface area contributed by atoms with Crippen LogP contribution in [0.15, 0.2) is 12.3 Å². The second-order valence-electron chi connectivity index (χ2n) is 4.46. The van der Waals surface area contributed by atoms with Crippen molar-refractivity contribution in [2.24, 2.45) is 0 Å². The lowest BCUT2D eigenvalue weighted by Crippen LogP contribution is -2.47. The first-order valence-corrected chi connectivity index (χ1v) is 5.78. The first-order chi connectivity index (χ1) is 7.84. The van der Waals surface area contributed by atoms with Gasteiger partial charge < -0.3 is 15.0 Å². The van der Waals surface area contributed by atoms with E-state index < -0.39 is 0 Å². The second kappa shape index (κ2) is 4.03. The van der Waals surface area contributed by atoms with Crippen molar-refractivity contribution in [3.05, 3.63) is 24.0 Å². The molecule has 2 atom stereocenters. The van der Waals surface area contributed by atoms with E-state index in [1.165, 1.54) is 5.56 Å². The molecular formula is C12H16N3O. The van der Waals surface area contributed by atoms with Crippen molar-refractivity contribution < 1.29 is 4.74 Å². The molecule has 2 fully saturated rings. The molecule has 1 radical (unpaired) electrons. The Morgan fingerprint density at radius 1 is 1.56 bits per heavy atom. The number of fused-ring (bicyclic) bond motifs is 1. The molecule has 2 aliphatic heterocycles. The lowest BCUT2D eigenvalue weighted by atomic mass is 10.2. The van der Waals surface area contributed by atoms with Gasteiger partial charge in [-0.1, -0.05) is 0 Å². The highest BCUT2D eigenvalue weighted by Crippen LogP contribution is 2.25. The number of rotatable bonds is 1. The highest BCUT2D eigenvalue weighted by Gasteiger charge is 2.35. The number of nitrogens with one attached hydrogen (secondary N) is 1. The summed E-state index contributed by atoms with van der Waals surface area (Å²) in [6, 6.07) is 2.49. The number of anilines is 1. The van der Waals surface area contributed by atoms with Crippen LogP contribution in [0.3, 0.4) is 0 Å². The molecule has 2 aliphatic rings. The average molecular weight is 218 g/mol. The SMILES string of the molecule is Cc1ccn[c]c1N1CC2NCCOC2C1. The van der Waals surface area contributed by atoms with Gasteiger partial charge in [-0.25, -0.2) is 0 Å². The van der Waals surface area contributed by atoms with Gasteiger partial charge in [0.2, 0.25) is 0 Å². The smallest absolute Gasteiger partial charge is 0.114 e. The Morgan fingerprint density at radius 2 is 2.50 bits per heavy atom. The van der Waals surface area contributed by atoms with Crippen molar-refractivity contribution in [1.29, 1.82) is 0 Å². The second-order valence-corrected chi connectivity index (χ2v) is 4.46. The first kappa shape index (κ1) is 10.1. The fourth-order valence-electron chi connectivity index (χ4n) is 2.51. The molecule has 2 saturated heterocycles. The van der Waals surface area contributed by atoms with Gasteiger partial charge in [0.25, 0.3) is 0 Å². The Hall–Kier alpha value is -1.13. The zero-order valence-corrected chi connectivity index (χ0v) is 9.44. The third kappa shape index (κ3) is 1.68. The molecule has 1 N–H and O–H groups in total. The number of aromatic nitrogens is 1. The summed E-state index contributed by atoms with van der Waals surface area (Å²) in [7, 11) is 0. The minimum atomic E-state index is 0.321. The van der Waals surface area contributed by atoms with E-state index in [1.807, 2.05) is 6.07 Å². The van der Waals surface area contributed by atoms with Crippen LogP contribution in [0, 0.1) is 13.1 Å². The molecule has 0 aliphatic carbocycles. The van der Waals surface area contributed by atoms with Gasteiger partial charge in [0, 0.05) is 25.8 Å². The lowest BCUT2D eigenvalue weighted by molar-refractivity contribution is 0.0212. The van der Waals surface area contributed by atoms with Crippen molar-refractivity contribution in [2.45, 2.75) is 19.1 Å². The van der Waals surface area contributed by atoms with E-state index in [1.54, 1.807) is 6.20 Å². The van der Waals surface area contributed by atoms with Crippen LogP contribution in [0.4, 0.5) is 5.69 Å². The van der Waals surface area contributed by atoms with E-state index in [-0.39, 0.29) is 0 Å². The first-order valence-electron chi connectivity index (χ1n) is 5.78. The molecule has 0 bridgehead atoms. The van der Waals surface area contributed by atoms with Gasteiger partial charge in [0.05, 0.1) is 24.4 Å². The summed E-state index contributed by atoms with van der Waals surface area (Å²) < 4.78 is 5.76. The number of morpholine rings is 1. The zero-order chi connectivity index (χ0) is 11.0. The maximum atomic E-state index is 5.76. The summed E-state index contributed by atoms with van der Waals surface area (Å²) in [5.41, 5.74) is 2.34. The fourth-order valence-corrected chi connectivity index (χ4v) is 2.51. The Bertz CT molecular complexity index is 368. The summed E-state index contributed by atoms with van der Waals surface area (Å²) >= 11 is 0. The van der Waals surface area contributed by atoms with Crippen LogP contribution >= 0.6 is 0 Å². The molecule has 16 heavy (non-hydrogen) atoms. The van der Waals surface area contributed by atoms with E-state index in [0.29, 0.717) is 12.1 Å². The van der Waals surface area contributed by atoms with E-state index >= 15 is 0 Å². The standard InChI is InChI=1S/C12H16N3O/c1-9-2-3-13-6-11(9)15-7-10-12(8-15)16-5-4-14-10/h2-3,10,12,14H,4-5,7-8H2,1H3. The van der Waals surface area contributed by atoms with Crippen molar-refractivity contribution >= 4 is 5.69 Å². The van der Waals surface area contributed by atoms with Crippen LogP contribution in [0.5, 0.6) is 0 Å². The van der Waals surface area contributed by atoms with Crippen molar-refractivity contribution in [3.63, 3.8) is 0 Å². The number of hydrogen-bond acceptors (Lipinski definition) is 4. The molecular weight excluding hydrogens is 202 g/mol. The fraction of sp³-hybridized carbons (Fsp3) is 0.583. The van der Waals surface area contributed by atoms with Gasteiger partial charge in [-0.05, 0) is 18.6 Å². The maximum Gasteiger partial charge on any atom is 0.114 e. The highest BCUT2D eigenvalue weighted by molar-refractivity contribution is 5.51. The molecule has 4 heteroatoms. The molecule has 3 heterocycles. The molecule has 85 valence electrons. The third-order valence-corrected chi connectivity index (χ3v) is 3.37. The van der Waals surface area contributed by atoms with Crippen LogP contribution in [-0.4, -0.2) is 43.4 Å². The summed E-state index contributed by atoms with van der Waals surface area (Å²) in [6.07, 6.45) is 5.19. The molecule has 0 spiro atoms. The molecule has 2 unspecified atom stereocenters. The van der Waals surface area contributed by atoms with Crippen molar-refractivity contribution in [2.75, 3.05) is 31.1 Å². The van der Waals surface area contributed by atoms with Gasteiger partial charge in [0.15, 0.2) is 0 Å². The van der Waals surface area contributed by atoms with Crippen molar-refractivity contribution in [1.82, 2.24) is 10.3 Å². The summed E-state index contributed by atoms with van der Waals surface area (Å²) in [5.74, 6) is 0. The zero-order valence-electron chi connectivity index (χ0n) is 9.44. The van der Waals surface area contributed by atoms with Gasteiger partial charge in [-0.2, -0.15) is 0 Å². The van der Waals surface area contributed by atoms with Crippen LogP contribution in [0.1, 0.15) is 5.56 Å². The van der Waals surface area contributed by atoms with Gasteiger partial charge in [0.1, 0.15) is 6.20 Å². The van der Waals surface area contributed by atoms with Crippen LogP contribution in [0.25, 0.3) is 0 Å². The highest BCUT2D eigenvalue weighted by atomic mass is 16.5. The molecule has 0 saturated carbocycles. The Labute approximate surface area is 95.6 Å².